The summed E-state index contributed by atoms with van der Waals surface area (Å²) in [7, 11) is -4.24. The van der Waals surface area contributed by atoms with Gasteiger partial charge in [0, 0.05) is 24.4 Å². The first-order valence-electron chi connectivity index (χ1n) is 12.4. The van der Waals surface area contributed by atoms with Crippen LogP contribution in [0.2, 0.25) is 0 Å². The molecule has 0 saturated heterocycles. The average molecular weight is 598 g/mol. The van der Waals surface area contributed by atoms with E-state index in [2.05, 4.69) is 29.0 Å². The van der Waals surface area contributed by atoms with Crippen molar-refractivity contribution >= 4 is 28.6 Å². The number of sulfonamides is 1. The fourth-order valence-corrected chi connectivity index (χ4v) is 7.36. The van der Waals surface area contributed by atoms with E-state index in [-0.39, 0.29) is 30.9 Å². The molecule has 1 radical (unpaired) electrons. The number of nitrogens with zero attached hydrogens (tertiary/aromatic N) is 1. The Balaban J connectivity index is 0.000000409. The third-order valence-corrected chi connectivity index (χ3v) is 9.92. The maximum Gasteiger partial charge on any atom is 0.101 e. The molecular weight excluding hydrogens is 560 g/mol. The summed E-state index contributed by atoms with van der Waals surface area (Å²) in [6.07, 6.45) is 12.7. The predicted molar refractivity (Wildman–Crippen MR) is 147 cm³/mol. The Morgan fingerprint density at radius 3 is 1.46 bits per heavy atom. The van der Waals surface area contributed by atoms with Crippen LogP contribution in [0.4, 0.5) is 0 Å². The van der Waals surface area contributed by atoms with Gasteiger partial charge in [-0.2, -0.15) is 0 Å². The first kappa shape index (κ1) is 29.9. The van der Waals surface area contributed by atoms with Crippen LogP contribution in [0.15, 0.2) is 89.8 Å². The molecule has 0 atom stereocenters. The van der Waals surface area contributed by atoms with Gasteiger partial charge in [-0.15, -0.1) is 6.54 Å². The second-order valence-corrected chi connectivity index (χ2v) is 12.8. The Morgan fingerprint density at radius 1 is 0.657 bits per heavy atom. The molecular formula is C29H37NO2PRhS-. The minimum Gasteiger partial charge on any atom is -0.544 e. The van der Waals surface area contributed by atoms with Crippen molar-refractivity contribution in [3.8, 4) is 0 Å². The third kappa shape index (κ3) is 10.6. The van der Waals surface area contributed by atoms with Crippen molar-refractivity contribution in [2.24, 2.45) is 0 Å². The number of aryl methyl sites for hydroxylation is 1. The van der Waals surface area contributed by atoms with Gasteiger partial charge < -0.3 is 4.72 Å². The quantitative estimate of drug-likeness (QED) is 0.212. The molecule has 0 aliphatic heterocycles. The molecule has 4 rings (SSSR count). The van der Waals surface area contributed by atoms with Crippen LogP contribution in [0, 0.1) is 6.92 Å². The van der Waals surface area contributed by atoms with Crippen LogP contribution in [0.5, 0.6) is 0 Å². The number of benzene rings is 3. The summed E-state index contributed by atoms with van der Waals surface area (Å²) in [5.41, 5.74) is 1.03. The summed E-state index contributed by atoms with van der Waals surface area (Å²) in [4.78, 5) is 0.256. The minimum atomic E-state index is -3.60. The fourth-order valence-electron chi connectivity index (χ4n) is 4.08. The van der Waals surface area contributed by atoms with E-state index in [4.69, 9.17) is 0 Å². The minimum absolute atomic E-state index is 0. The van der Waals surface area contributed by atoms with E-state index >= 15 is 0 Å². The molecule has 0 heterocycles. The van der Waals surface area contributed by atoms with E-state index in [0.29, 0.717) is 6.16 Å². The van der Waals surface area contributed by atoms with E-state index in [1.807, 2.05) is 43.3 Å². The molecule has 0 aromatic heterocycles. The molecule has 191 valence electrons. The van der Waals surface area contributed by atoms with Gasteiger partial charge in [-0.25, -0.2) is 8.42 Å². The van der Waals surface area contributed by atoms with Gasteiger partial charge in [0.1, 0.15) is 10.0 Å². The van der Waals surface area contributed by atoms with Crippen molar-refractivity contribution in [2.45, 2.75) is 63.2 Å². The summed E-state index contributed by atoms with van der Waals surface area (Å²) in [5, 5.41) is 2.47. The van der Waals surface area contributed by atoms with Crippen molar-refractivity contribution in [3.05, 3.63) is 95.2 Å². The predicted octanol–water partition coefficient (Wildman–Crippen LogP) is 7.31. The summed E-state index contributed by atoms with van der Waals surface area (Å²) in [5.74, 6) is 0. The van der Waals surface area contributed by atoms with E-state index in [1.165, 1.54) is 62.0 Å². The van der Waals surface area contributed by atoms with Gasteiger partial charge in [0.2, 0.25) is 0 Å². The molecule has 1 saturated carbocycles. The van der Waals surface area contributed by atoms with Crippen LogP contribution < -0.4 is 10.6 Å². The second kappa shape index (κ2) is 16.4. The van der Waals surface area contributed by atoms with Gasteiger partial charge in [-0.3, -0.25) is 0 Å². The van der Waals surface area contributed by atoms with Crippen LogP contribution in [0.3, 0.4) is 0 Å². The van der Waals surface area contributed by atoms with Gasteiger partial charge in [0.15, 0.2) is 0 Å². The molecule has 0 unspecified atom stereocenters. The largest absolute Gasteiger partial charge is 0.544 e. The van der Waals surface area contributed by atoms with Crippen LogP contribution >= 0.6 is 7.92 Å². The maximum atomic E-state index is 12.4. The summed E-state index contributed by atoms with van der Waals surface area (Å²) in [6.45, 7) is 2.21. The monoisotopic (exact) mass is 597 g/mol. The SMILES string of the molecule is C1CCCCCCC1.Cc1ccc(S(=O)(=O)[N-]CCP(c2ccccc2)c2ccccc2)cc1.[Rh]. The third-order valence-electron chi connectivity index (χ3n) is 6.04. The summed E-state index contributed by atoms with van der Waals surface area (Å²) in [6, 6.07) is 27.3. The maximum absolute atomic E-state index is 12.4. The summed E-state index contributed by atoms with van der Waals surface area (Å²) < 4.78 is 28.9. The molecule has 0 spiro atoms. The first-order chi connectivity index (χ1) is 16.6. The smallest absolute Gasteiger partial charge is 0.101 e. The Labute approximate surface area is 226 Å². The van der Waals surface area contributed by atoms with E-state index in [9.17, 15) is 8.42 Å². The standard InChI is InChI=1S/C21H21NO2PS.C8H16.Rh/c1-18-12-14-21(15-13-18)26(23,24)22-16-17-25(19-8-4-2-5-9-19)20-10-6-3-7-11-20;1-2-4-6-8-7-5-3-1;/h2-15H,16-17H2,1H3;1-8H2;/q-1;;. The Morgan fingerprint density at radius 2 is 1.06 bits per heavy atom. The second-order valence-electron chi connectivity index (χ2n) is 8.79. The van der Waals surface area contributed by atoms with E-state index in [1.54, 1.807) is 24.3 Å². The molecule has 3 aromatic carbocycles. The molecule has 0 bridgehead atoms. The molecule has 1 aliphatic carbocycles. The van der Waals surface area contributed by atoms with Crippen molar-refractivity contribution in [2.75, 3.05) is 12.7 Å². The zero-order chi connectivity index (χ0) is 24.1. The van der Waals surface area contributed by atoms with Crippen molar-refractivity contribution in [3.63, 3.8) is 0 Å². The normalized spacial score (nSPS) is 14.1. The fraction of sp³-hybridized carbons (Fsp3) is 0.379. The van der Waals surface area contributed by atoms with E-state index < -0.39 is 17.9 Å². The van der Waals surface area contributed by atoms with Gasteiger partial charge >= 0.3 is 0 Å². The van der Waals surface area contributed by atoms with Crippen molar-refractivity contribution in [1.82, 2.24) is 0 Å². The topological polar surface area (TPSA) is 48.2 Å². The van der Waals surface area contributed by atoms with Gasteiger partial charge in [-0.1, -0.05) is 130 Å². The Bertz CT molecular complexity index is 997. The molecule has 1 aliphatic rings. The molecule has 35 heavy (non-hydrogen) atoms. The first-order valence-corrected chi connectivity index (χ1v) is 15.4. The van der Waals surface area contributed by atoms with Crippen LogP contribution in [-0.4, -0.2) is 21.1 Å². The number of hydrogen-bond acceptors (Lipinski definition) is 2. The molecule has 0 amide bonds. The van der Waals surface area contributed by atoms with Crippen molar-refractivity contribution in [1.29, 1.82) is 0 Å². The number of hydrogen-bond donors (Lipinski definition) is 0. The molecule has 6 heteroatoms. The van der Waals surface area contributed by atoms with Crippen LogP contribution in [0.25, 0.3) is 4.72 Å². The van der Waals surface area contributed by atoms with E-state index in [0.717, 1.165) is 5.56 Å². The average Bonchev–Trinajstić information content (AvgIpc) is 2.83. The number of rotatable bonds is 7. The van der Waals surface area contributed by atoms with Crippen LogP contribution in [0.1, 0.15) is 56.9 Å². The van der Waals surface area contributed by atoms with Gasteiger partial charge in [0.25, 0.3) is 0 Å². The van der Waals surface area contributed by atoms with Crippen molar-refractivity contribution < 1.29 is 27.9 Å². The zero-order valence-corrected chi connectivity index (χ0v) is 24.0. The van der Waals surface area contributed by atoms with Gasteiger partial charge in [0.05, 0.1) is 0 Å². The zero-order valence-electron chi connectivity index (χ0n) is 20.6. The Kier molecular flexibility index (Phi) is 14.0. The van der Waals surface area contributed by atoms with Crippen LogP contribution in [-0.2, 0) is 29.5 Å². The molecule has 0 N–H and O–H groups in total. The molecule has 3 nitrogen and oxygen atoms in total. The summed E-state index contributed by atoms with van der Waals surface area (Å²) >= 11 is 0. The van der Waals surface area contributed by atoms with Gasteiger partial charge in [-0.05, 0) is 43.7 Å². The Hall–Kier alpha value is -1.38. The molecule has 3 aromatic rings. The molecule has 1 fully saturated rings.